The van der Waals surface area contributed by atoms with Gasteiger partial charge in [-0.2, -0.15) is 0 Å². The summed E-state index contributed by atoms with van der Waals surface area (Å²) in [5.74, 6) is 1.31. The van der Waals surface area contributed by atoms with E-state index in [1.54, 1.807) is 0 Å². The van der Waals surface area contributed by atoms with E-state index in [2.05, 4.69) is 13.8 Å². The second-order valence-corrected chi connectivity index (χ2v) is 9.08. The van der Waals surface area contributed by atoms with Gasteiger partial charge in [-0.25, -0.2) is 0 Å². The molecular formula is C20H28O3. The van der Waals surface area contributed by atoms with Gasteiger partial charge in [-0.05, 0) is 61.9 Å². The second-order valence-electron chi connectivity index (χ2n) is 9.08. The van der Waals surface area contributed by atoms with Crippen LogP contribution in [0, 0.1) is 34.5 Å². The number of hydrogen-bond donors (Lipinski definition) is 1. The van der Waals surface area contributed by atoms with Crippen molar-refractivity contribution in [1.29, 1.82) is 0 Å². The Balaban J connectivity index is 1.76. The third-order valence-corrected chi connectivity index (χ3v) is 7.93. The molecule has 0 aromatic carbocycles. The Labute approximate surface area is 138 Å². The van der Waals surface area contributed by atoms with Crippen LogP contribution in [0.25, 0.3) is 0 Å². The maximum atomic E-state index is 13.0. The molecule has 4 aliphatic rings. The Morgan fingerprint density at radius 1 is 1.09 bits per heavy atom. The van der Waals surface area contributed by atoms with Crippen molar-refractivity contribution in [3.63, 3.8) is 0 Å². The van der Waals surface area contributed by atoms with Crippen LogP contribution in [0.2, 0.25) is 0 Å². The SMILES string of the molecule is CC1CC2C3C(=O)C=C4CC(O)CCC4(C)C3CCC2(C)C1=O. The van der Waals surface area contributed by atoms with E-state index >= 15 is 0 Å². The third kappa shape index (κ3) is 1.92. The fourth-order valence-electron chi connectivity index (χ4n) is 6.50. The van der Waals surface area contributed by atoms with Gasteiger partial charge in [-0.3, -0.25) is 9.59 Å². The summed E-state index contributed by atoms with van der Waals surface area (Å²) in [6, 6.07) is 0. The van der Waals surface area contributed by atoms with E-state index in [9.17, 15) is 14.7 Å². The van der Waals surface area contributed by atoms with Crippen LogP contribution in [0.4, 0.5) is 0 Å². The third-order valence-electron chi connectivity index (χ3n) is 7.93. The van der Waals surface area contributed by atoms with E-state index in [-0.39, 0.29) is 40.5 Å². The van der Waals surface area contributed by atoms with E-state index in [4.69, 9.17) is 0 Å². The zero-order valence-corrected chi connectivity index (χ0v) is 14.5. The highest BCUT2D eigenvalue weighted by molar-refractivity contribution is 5.97. The fourth-order valence-corrected chi connectivity index (χ4v) is 6.50. The highest BCUT2D eigenvalue weighted by atomic mass is 16.3. The van der Waals surface area contributed by atoms with Crippen molar-refractivity contribution >= 4 is 11.6 Å². The maximum Gasteiger partial charge on any atom is 0.159 e. The monoisotopic (exact) mass is 316 g/mol. The molecule has 3 nitrogen and oxygen atoms in total. The molecule has 7 unspecified atom stereocenters. The molecule has 7 atom stereocenters. The Hall–Kier alpha value is -0.960. The first-order chi connectivity index (χ1) is 10.8. The molecule has 0 heterocycles. The first kappa shape index (κ1) is 15.6. The number of ketones is 2. The number of aliphatic hydroxyl groups is 1. The van der Waals surface area contributed by atoms with Gasteiger partial charge in [0, 0.05) is 17.3 Å². The number of carbonyl (C=O) groups excluding carboxylic acids is 2. The molecule has 0 aromatic rings. The van der Waals surface area contributed by atoms with Gasteiger partial charge in [-0.1, -0.05) is 26.3 Å². The van der Waals surface area contributed by atoms with Crippen molar-refractivity contribution in [1.82, 2.24) is 0 Å². The van der Waals surface area contributed by atoms with Gasteiger partial charge >= 0.3 is 0 Å². The Kier molecular flexibility index (Phi) is 3.23. The normalized spacial score (nSPS) is 52.5. The largest absolute Gasteiger partial charge is 0.393 e. The molecule has 0 amide bonds. The number of rotatable bonds is 0. The minimum absolute atomic E-state index is 0.0200. The predicted octanol–water partition coefficient (Wildman–Crippen LogP) is 3.30. The molecule has 1 N–H and O–H groups in total. The summed E-state index contributed by atoms with van der Waals surface area (Å²) in [5, 5.41) is 10.0. The van der Waals surface area contributed by atoms with Gasteiger partial charge in [0.15, 0.2) is 5.78 Å². The number of aliphatic hydroxyl groups excluding tert-OH is 1. The summed E-state index contributed by atoms with van der Waals surface area (Å²) in [6.07, 6.45) is 6.81. The molecule has 3 saturated carbocycles. The van der Waals surface area contributed by atoms with Gasteiger partial charge in [0.1, 0.15) is 5.78 Å². The van der Waals surface area contributed by atoms with Crippen LogP contribution < -0.4 is 0 Å². The zero-order chi connectivity index (χ0) is 16.6. The summed E-state index contributed by atoms with van der Waals surface area (Å²) >= 11 is 0. The Morgan fingerprint density at radius 2 is 1.78 bits per heavy atom. The predicted molar refractivity (Wildman–Crippen MR) is 87.7 cm³/mol. The number of carbonyl (C=O) groups is 2. The van der Waals surface area contributed by atoms with Crippen molar-refractivity contribution in [3.8, 4) is 0 Å². The molecule has 4 aliphatic carbocycles. The molecule has 3 heteroatoms. The standard InChI is InChI=1S/C20H28O3/c1-11-8-15-17-14(5-7-20(15,3)18(11)23)19(2)6-4-13(21)9-12(19)10-16(17)22/h10-11,13-15,17,21H,4-9H2,1-3H3. The minimum atomic E-state index is -0.291. The minimum Gasteiger partial charge on any atom is -0.393 e. The smallest absolute Gasteiger partial charge is 0.159 e. The van der Waals surface area contributed by atoms with E-state index in [0.29, 0.717) is 18.1 Å². The van der Waals surface area contributed by atoms with Gasteiger partial charge in [-0.15, -0.1) is 0 Å². The van der Waals surface area contributed by atoms with Gasteiger partial charge in [0.2, 0.25) is 0 Å². The first-order valence-electron chi connectivity index (χ1n) is 9.24. The quantitative estimate of drug-likeness (QED) is 0.746. The van der Waals surface area contributed by atoms with Crippen molar-refractivity contribution in [2.45, 2.75) is 65.4 Å². The van der Waals surface area contributed by atoms with Crippen LogP contribution in [-0.4, -0.2) is 22.8 Å². The van der Waals surface area contributed by atoms with Gasteiger partial charge in [0.05, 0.1) is 6.10 Å². The number of fused-ring (bicyclic) bond motifs is 5. The van der Waals surface area contributed by atoms with Crippen molar-refractivity contribution in [2.24, 2.45) is 34.5 Å². The number of allylic oxidation sites excluding steroid dienone is 1. The van der Waals surface area contributed by atoms with Crippen LogP contribution in [0.1, 0.15) is 59.3 Å². The van der Waals surface area contributed by atoms with E-state index in [1.807, 2.05) is 13.0 Å². The molecule has 0 aliphatic heterocycles. The summed E-state index contributed by atoms with van der Waals surface area (Å²) in [4.78, 5) is 25.6. The maximum absolute atomic E-state index is 13.0. The molecule has 126 valence electrons. The zero-order valence-electron chi connectivity index (χ0n) is 14.5. The van der Waals surface area contributed by atoms with Crippen LogP contribution in [0.5, 0.6) is 0 Å². The van der Waals surface area contributed by atoms with Crippen LogP contribution in [0.3, 0.4) is 0 Å². The lowest BCUT2D eigenvalue weighted by Gasteiger charge is -2.55. The molecule has 4 rings (SSSR count). The average molecular weight is 316 g/mol. The second kappa shape index (κ2) is 4.78. The summed E-state index contributed by atoms with van der Waals surface area (Å²) < 4.78 is 0. The lowest BCUT2D eigenvalue weighted by Crippen LogP contribution is -2.53. The Bertz CT molecular complexity index is 606. The molecule has 0 saturated heterocycles. The number of Topliss-reactive ketones (excluding diaryl/α,β-unsaturated/α-hetero) is 1. The highest BCUT2D eigenvalue weighted by Gasteiger charge is 2.62. The van der Waals surface area contributed by atoms with Gasteiger partial charge in [0.25, 0.3) is 0 Å². The summed E-state index contributed by atoms with van der Waals surface area (Å²) in [6.45, 7) is 6.45. The van der Waals surface area contributed by atoms with Gasteiger partial charge < -0.3 is 5.11 Å². The topological polar surface area (TPSA) is 54.4 Å². The molecular weight excluding hydrogens is 288 g/mol. The lowest BCUT2D eigenvalue weighted by atomic mass is 9.48. The lowest BCUT2D eigenvalue weighted by molar-refractivity contribution is -0.140. The first-order valence-corrected chi connectivity index (χ1v) is 9.24. The van der Waals surface area contributed by atoms with E-state index < -0.39 is 0 Å². The van der Waals surface area contributed by atoms with Crippen molar-refractivity contribution in [2.75, 3.05) is 0 Å². The fraction of sp³-hybridized carbons (Fsp3) is 0.800. The Morgan fingerprint density at radius 3 is 2.52 bits per heavy atom. The molecule has 3 fully saturated rings. The van der Waals surface area contributed by atoms with Crippen LogP contribution in [0.15, 0.2) is 11.6 Å². The molecule has 0 aromatic heterocycles. The summed E-state index contributed by atoms with van der Waals surface area (Å²) in [5.41, 5.74) is 0.934. The summed E-state index contributed by atoms with van der Waals surface area (Å²) in [7, 11) is 0. The highest BCUT2D eigenvalue weighted by Crippen LogP contribution is 2.63. The average Bonchev–Trinajstić information content (AvgIpc) is 2.73. The van der Waals surface area contributed by atoms with Crippen molar-refractivity contribution < 1.29 is 14.7 Å². The molecule has 0 bridgehead atoms. The van der Waals surface area contributed by atoms with E-state index in [0.717, 1.165) is 32.1 Å². The number of hydrogen-bond acceptors (Lipinski definition) is 3. The molecule has 23 heavy (non-hydrogen) atoms. The molecule has 0 radical (unpaired) electrons. The van der Waals surface area contributed by atoms with Crippen molar-refractivity contribution in [3.05, 3.63) is 11.6 Å². The van der Waals surface area contributed by atoms with Crippen LogP contribution in [-0.2, 0) is 9.59 Å². The van der Waals surface area contributed by atoms with E-state index in [1.165, 1.54) is 5.57 Å². The van der Waals surface area contributed by atoms with Crippen LogP contribution >= 0.6 is 0 Å². The molecule has 0 spiro atoms.